The van der Waals surface area contributed by atoms with Crippen LogP contribution in [-0.4, -0.2) is 73.8 Å². The molecule has 4 aromatic rings. The van der Waals surface area contributed by atoms with E-state index < -0.39 is 36.0 Å². The third-order valence-electron chi connectivity index (χ3n) is 6.19. The summed E-state index contributed by atoms with van der Waals surface area (Å²) in [6.07, 6.45) is 5.29. The van der Waals surface area contributed by atoms with Gasteiger partial charge in [0.25, 0.3) is 0 Å². The van der Waals surface area contributed by atoms with E-state index in [1.165, 1.54) is 0 Å². The molecule has 14 heteroatoms. The minimum atomic E-state index is -1.00. The third-order valence-corrected chi connectivity index (χ3v) is 6.19. The molecular formula is C28H38N8O6. The van der Waals surface area contributed by atoms with E-state index in [1.807, 2.05) is 60.9 Å². The molecule has 42 heavy (non-hydrogen) atoms. The number of benzene rings is 2. The summed E-state index contributed by atoms with van der Waals surface area (Å²) in [6.45, 7) is 0.482. The predicted molar refractivity (Wildman–Crippen MR) is 160 cm³/mol. The standard InChI is InChI=1S/2C11H12N2O2.C6H14N4O2/c2*12-9(11(14)15)5-7-6-13-10-4-2-1-3-8(7)10;7-4(5(11)12)2-1-3-10-6(8)9/h2*1-4,6,9,13H,5,12H2,(H,14,15);4H,1-3,7H2,(H,11,12)(H4,8,9,10). The molecule has 3 atom stereocenters. The molecule has 0 aliphatic rings. The Labute approximate surface area is 241 Å². The number of aliphatic carboxylic acids is 3. The molecule has 226 valence electrons. The maximum Gasteiger partial charge on any atom is 0.320 e. The quantitative estimate of drug-likeness (QED) is 0.0671. The van der Waals surface area contributed by atoms with Crippen molar-refractivity contribution < 1.29 is 29.7 Å². The lowest BCUT2D eigenvalue weighted by molar-refractivity contribution is -0.139. The number of H-pyrrole nitrogens is 2. The highest BCUT2D eigenvalue weighted by Gasteiger charge is 2.15. The molecule has 3 unspecified atom stereocenters. The zero-order chi connectivity index (χ0) is 31.2. The van der Waals surface area contributed by atoms with Gasteiger partial charge in [0, 0.05) is 53.6 Å². The van der Waals surface area contributed by atoms with Crippen LogP contribution in [0.3, 0.4) is 0 Å². The molecule has 2 heterocycles. The van der Waals surface area contributed by atoms with Crippen LogP contribution in [0.4, 0.5) is 0 Å². The van der Waals surface area contributed by atoms with E-state index in [0.29, 0.717) is 32.2 Å². The van der Waals surface area contributed by atoms with Gasteiger partial charge in [-0.25, -0.2) is 0 Å². The first-order chi connectivity index (χ1) is 19.9. The lowest BCUT2D eigenvalue weighted by Crippen LogP contribution is -2.34. The minimum Gasteiger partial charge on any atom is -0.480 e. The van der Waals surface area contributed by atoms with Crippen LogP contribution in [0, 0.1) is 5.41 Å². The maximum atomic E-state index is 10.6. The van der Waals surface area contributed by atoms with Gasteiger partial charge >= 0.3 is 17.9 Å². The van der Waals surface area contributed by atoms with Gasteiger partial charge in [-0.3, -0.25) is 19.8 Å². The number of hydrogen-bond donors (Lipinski definition) is 11. The number of carboxylic acids is 3. The van der Waals surface area contributed by atoms with Gasteiger partial charge in [0.1, 0.15) is 18.1 Å². The van der Waals surface area contributed by atoms with E-state index in [0.717, 1.165) is 32.9 Å². The van der Waals surface area contributed by atoms with Gasteiger partial charge < -0.3 is 53.5 Å². The highest BCUT2D eigenvalue weighted by atomic mass is 16.4. The average Bonchev–Trinajstić information content (AvgIpc) is 3.55. The third kappa shape index (κ3) is 10.6. The van der Waals surface area contributed by atoms with Crippen LogP contribution in [0.5, 0.6) is 0 Å². The molecule has 0 amide bonds. The molecule has 14 nitrogen and oxygen atoms in total. The molecular weight excluding hydrogens is 544 g/mol. The SMILES string of the molecule is N=C(N)NCCCC(N)C(=O)O.NC(Cc1c[nH]c2ccccc12)C(=O)O.NC(Cc1c[nH]c2ccccc12)C(=O)O. The van der Waals surface area contributed by atoms with Crippen molar-refractivity contribution in [2.75, 3.05) is 6.54 Å². The number of para-hydroxylation sites is 2. The zero-order valence-electron chi connectivity index (χ0n) is 22.9. The van der Waals surface area contributed by atoms with Crippen molar-refractivity contribution in [3.05, 3.63) is 72.1 Å². The fraction of sp³-hybridized carbons (Fsp3) is 0.286. The number of nitrogens with two attached hydrogens (primary N) is 4. The number of aromatic nitrogens is 2. The summed E-state index contributed by atoms with van der Waals surface area (Å²) >= 11 is 0. The summed E-state index contributed by atoms with van der Waals surface area (Å²) in [7, 11) is 0. The number of hydrogen-bond acceptors (Lipinski definition) is 7. The summed E-state index contributed by atoms with van der Waals surface area (Å²) in [5.74, 6) is -3.06. The minimum absolute atomic E-state index is 0.112. The van der Waals surface area contributed by atoms with Gasteiger partial charge in [-0.05, 0) is 36.1 Å². The van der Waals surface area contributed by atoms with Crippen LogP contribution in [0.1, 0.15) is 24.0 Å². The average molecular weight is 583 g/mol. The van der Waals surface area contributed by atoms with E-state index in [4.69, 9.17) is 43.7 Å². The first kappa shape index (κ1) is 33.3. The van der Waals surface area contributed by atoms with Gasteiger partial charge in [-0.1, -0.05) is 36.4 Å². The Kier molecular flexibility index (Phi) is 13.0. The smallest absolute Gasteiger partial charge is 0.320 e. The Morgan fingerprint density at radius 3 is 1.52 bits per heavy atom. The Morgan fingerprint density at radius 2 is 1.14 bits per heavy atom. The molecule has 0 spiro atoms. The number of carboxylic acid groups (broad SMARTS) is 3. The predicted octanol–water partition coefficient (Wildman–Crippen LogP) is 0.906. The number of guanidine groups is 1. The molecule has 0 saturated heterocycles. The van der Waals surface area contributed by atoms with E-state index >= 15 is 0 Å². The molecule has 0 aliphatic carbocycles. The van der Waals surface area contributed by atoms with Crippen LogP contribution in [-0.2, 0) is 27.2 Å². The van der Waals surface area contributed by atoms with Crippen molar-refractivity contribution >= 4 is 45.7 Å². The van der Waals surface area contributed by atoms with Crippen molar-refractivity contribution in [2.24, 2.45) is 22.9 Å². The van der Waals surface area contributed by atoms with E-state index in [1.54, 1.807) is 0 Å². The van der Waals surface area contributed by atoms with E-state index in [9.17, 15) is 14.4 Å². The topological polar surface area (TPSA) is 283 Å². The monoisotopic (exact) mass is 582 g/mol. The second kappa shape index (κ2) is 16.4. The molecule has 0 saturated carbocycles. The van der Waals surface area contributed by atoms with Crippen molar-refractivity contribution in [1.29, 1.82) is 5.41 Å². The first-order valence-corrected chi connectivity index (χ1v) is 13.0. The summed E-state index contributed by atoms with van der Waals surface area (Å²) in [6, 6.07) is 13.0. The van der Waals surface area contributed by atoms with Crippen molar-refractivity contribution in [3.63, 3.8) is 0 Å². The van der Waals surface area contributed by atoms with Gasteiger partial charge in [0.15, 0.2) is 5.96 Å². The van der Waals surface area contributed by atoms with Crippen molar-refractivity contribution in [1.82, 2.24) is 15.3 Å². The summed E-state index contributed by atoms with van der Waals surface area (Å²) in [5, 5.41) is 37.2. The second-order valence-electron chi connectivity index (χ2n) is 9.44. The molecule has 2 aromatic carbocycles. The number of aromatic amines is 2. The maximum absolute atomic E-state index is 10.6. The Bertz CT molecular complexity index is 1390. The molecule has 0 fully saturated rings. The van der Waals surface area contributed by atoms with Crippen molar-refractivity contribution in [3.8, 4) is 0 Å². The first-order valence-electron chi connectivity index (χ1n) is 13.0. The normalized spacial score (nSPS) is 12.6. The van der Waals surface area contributed by atoms with Gasteiger partial charge in [0.05, 0.1) is 0 Å². The lowest BCUT2D eigenvalue weighted by Gasteiger charge is -2.06. The molecule has 0 radical (unpaired) electrons. The van der Waals surface area contributed by atoms with Gasteiger partial charge in [-0.2, -0.15) is 0 Å². The summed E-state index contributed by atoms with van der Waals surface area (Å²) in [4.78, 5) is 37.6. The van der Waals surface area contributed by atoms with Gasteiger partial charge in [-0.15, -0.1) is 0 Å². The van der Waals surface area contributed by atoms with Crippen molar-refractivity contribution in [2.45, 2.75) is 43.8 Å². The molecule has 2 aromatic heterocycles. The number of nitrogens with one attached hydrogen (secondary N) is 4. The van der Waals surface area contributed by atoms with E-state index in [2.05, 4.69) is 15.3 Å². The highest BCUT2D eigenvalue weighted by Crippen LogP contribution is 2.19. The lowest BCUT2D eigenvalue weighted by atomic mass is 10.1. The number of fused-ring (bicyclic) bond motifs is 2. The van der Waals surface area contributed by atoms with Crippen LogP contribution in [0.15, 0.2) is 60.9 Å². The van der Waals surface area contributed by atoms with Crippen LogP contribution in [0.2, 0.25) is 0 Å². The zero-order valence-corrected chi connectivity index (χ0v) is 22.9. The van der Waals surface area contributed by atoms with E-state index in [-0.39, 0.29) is 5.96 Å². The van der Waals surface area contributed by atoms with Crippen LogP contribution >= 0.6 is 0 Å². The highest BCUT2D eigenvalue weighted by molar-refractivity contribution is 5.85. The Balaban J connectivity index is 0.000000222. The Morgan fingerprint density at radius 1 is 0.738 bits per heavy atom. The number of carbonyl (C=O) groups is 3. The second-order valence-corrected chi connectivity index (χ2v) is 9.44. The Hall–Kier alpha value is -4.92. The van der Waals surface area contributed by atoms with Gasteiger partial charge in [0.2, 0.25) is 0 Å². The largest absolute Gasteiger partial charge is 0.480 e. The number of rotatable bonds is 11. The molecule has 0 aliphatic heterocycles. The summed E-state index contributed by atoms with van der Waals surface area (Å²) in [5.41, 5.74) is 25.1. The fourth-order valence-electron chi connectivity index (χ4n) is 3.92. The fourth-order valence-corrected chi connectivity index (χ4v) is 3.92. The van der Waals surface area contributed by atoms with Crippen LogP contribution < -0.4 is 28.3 Å². The van der Waals surface area contributed by atoms with Crippen LogP contribution in [0.25, 0.3) is 21.8 Å². The summed E-state index contributed by atoms with van der Waals surface area (Å²) < 4.78 is 0. The molecule has 4 rings (SSSR count). The molecule has 0 bridgehead atoms. The molecule has 15 N–H and O–H groups in total.